The molecule has 0 aromatic carbocycles. The molecule has 9 nitrogen and oxygen atoms in total. The molecule has 0 aliphatic rings. The van der Waals surface area contributed by atoms with E-state index in [4.69, 9.17) is 18.5 Å². The van der Waals surface area contributed by atoms with Crippen molar-refractivity contribution < 1.29 is 42.1 Å². The summed E-state index contributed by atoms with van der Waals surface area (Å²) < 4.78 is 34.1. The summed E-state index contributed by atoms with van der Waals surface area (Å²) in [4.78, 5) is 35.2. The predicted octanol–water partition coefficient (Wildman–Crippen LogP) is 10.9. The number of phosphoric ester groups is 1. The molecule has 2 atom stereocenters. The highest BCUT2D eigenvalue weighted by Gasteiger charge is 2.27. The lowest BCUT2D eigenvalue weighted by Crippen LogP contribution is -2.37. The average Bonchev–Trinajstić information content (AvgIpc) is 3.09. The van der Waals surface area contributed by atoms with Gasteiger partial charge in [-0.05, 0) is 57.8 Å². The van der Waals surface area contributed by atoms with Gasteiger partial charge in [0.1, 0.15) is 19.8 Å². The van der Waals surface area contributed by atoms with Crippen LogP contribution in [0.5, 0.6) is 0 Å². The van der Waals surface area contributed by atoms with Crippen LogP contribution in [0.1, 0.15) is 142 Å². The summed E-state index contributed by atoms with van der Waals surface area (Å²) in [6, 6.07) is 0. The number of carbonyl (C=O) groups excluding carboxylic acids is 2. The number of phosphoric acid groups is 1. The summed E-state index contributed by atoms with van der Waals surface area (Å²) >= 11 is 0. The summed E-state index contributed by atoms with van der Waals surface area (Å²) in [7, 11) is 1.44. The highest BCUT2D eigenvalue weighted by atomic mass is 31.2. The fraction of sp³-hybridized carbons (Fsp3) is 0.714. The Hall–Kier alpha value is -2.29. The van der Waals surface area contributed by atoms with Crippen LogP contribution in [0.15, 0.2) is 60.8 Å². The van der Waals surface area contributed by atoms with Gasteiger partial charge in [-0.15, -0.1) is 0 Å². The van der Waals surface area contributed by atoms with Crippen molar-refractivity contribution in [3.05, 3.63) is 60.8 Å². The molecule has 10 heteroatoms. The Kier molecular flexibility index (Phi) is 33.0. The van der Waals surface area contributed by atoms with E-state index in [2.05, 4.69) is 38.2 Å². The van der Waals surface area contributed by atoms with E-state index in [1.54, 1.807) is 0 Å². The van der Waals surface area contributed by atoms with Crippen molar-refractivity contribution in [3.8, 4) is 0 Å². The molecule has 300 valence electrons. The molecule has 0 spiro atoms. The molecule has 0 fully saturated rings. The van der Waals surface area contributed by atoms with Crippen LogP contribution in [0.4, 0.5) is 0 Å². The van der Waals surface area contributed by atoms with Gasteiger partial charge in [0, 0.05) is 12.8 Å². The Morgan fingerprint density at radius 2 is 1.12 bits per heavy atom. The number of quaternary nitrogens is 1. The monoisotopic (exact) mass is 753 g/mol. The SMILES string of the molecule is CC/C=C/C=C/C=C/C=C/CCCCCC(=O)OC(COC(=O)CCCCCCCCC/C=C/CCCCCC)COP(=O)(O)OCC[N+](C)(C)C. The van der Waals surface area contributed by atoms with Gasteiger partial charge >= 0.3 is 19.8 Å². The molecule has 0 saturated carbocycles. The fourth-order valence-electron chi connectivity index (χ4n) is 4.96. The maximum Gasteiger partial charge on any atom is 0.472 e. The quantitative estimate of drug-likeness (QED) is 0.0170. The van der Waals surface area contributed by atoms with Crippen LogP contribution >= 0.6 is 7.82 Å². The summed E-state index contributed by atoms with van der Waals surface area (Å²) in [5, 5.41) is 0. The number of unbranched alkanes of at least 4 members (excludes halogenated alkanes) is 14. The number of ether oxygens (including phenoxy) is 2. The Morgan fingerprint density at radius 1 is 0.615 bits per heavy atom. The largest absolute Gasteiger partial charge is 0.472 e. The summed E-state index contributed by atoms with van der Waals surface area (Å²) in [6.45, 7) is 4.19. The zero-order chi connectivity index (χ0) is 38.6. The Balaban J connectivity index is 4.48. The van der Waals surface area contributed by atoms with Gasteiger partial charge in [-0.25, -0.2) is 4.57 Å². The predicted molar refractivity (Wildman–Crippen MR) is 215 cm³/mol. The van der Waals surface area contributed by atoms with Gasteiger partial charge < -0.3 is 18.9 Å². The van der Waals surface area contributed by atoms with Gasteiger partial charge in [0.25, 0.3) is 0 Å². The molecule has 0 rings (SSSR count). The first-order valence-corrected chi connectivity index (χ1v) is 21.6. The van der Waals surface area contributed by atoms with Gasteiger partial charge in [0.15, 0.2) is 6.10 Å². The van der Waals surface area contributed by atoms with Crippen molar-refractivity contribution >= 4 is 19.8 Å². The van der Waals surface area contributed by atoms with E-state index in [1.165, 1.54) is 51.4 Å². The van der Waals surface area contributed by atoms with E-state index in [0.717, 1.165) is 57.8 Å². The van der Waals surface area contributed by atoms with Crippen LogP contribution in [-0.4, -0.2) is 74.9 Å². The molecule has 0 aromatic rings. The molecule has 0 radical (unpaired) electrons. The second-order valence-corrected chi connectivity index (χ2v) is 15.8. The molecule has 0 saturated heterocycles. The van der Waals surface area contributed by atoms with Crippen LogP contribution < -0.4 is 0 Å². The van der Waals surface area contributed by atoms with E-state index in [9.17, 15) is 19.0 Å². The van der Waals surface area contributed by atoms with E-state index >= 15 is 0 Å². The molecule has 0 heterocycles. The minimum atomic E-state index is -4.38. The van der Waals surface area contributed by atoms with Gasteiger partial charge in [0.05, 0.1) is 27.7 Å². The van der Waals surface area contributed by atoms with Crippen LogP contribution in [0.2, 0.25) is 0 Å². The molecular weight excluding hydrogens is 677 g/mol. The standard InChI is InChI=1S/C42H74NO8P/c1-6-8-10-12-14-16-18-20-21-23-24-26-28-30-32-34-41(44)48-38-40(39-50-52(46,47)49-37-36-43(3,4)5)51-42(45)35-33-31-29-27-25-22-19-17-15-13-11-9-7-2/h9,11,13,15-19,22,25,40H,6-8,10,12,14,20-21,23-24,26-39H2,1-5H3/p+1/b11-9+,15-13+,18-16+,19-17+,25-22+. The average molecular weight is 753 g/mol. The lowest BCUT2D eigenvalue weighted by Gasteiger charge is -2.24. The number of carbonyl (C=O) groups is 2. The second kappa shape index (κ2) is 34.5. The Bertz CT molecular complexity index is 1080. The minimum Gasteiger partial charge on any atom is -0.462 e. The van der Waals surface area contributed by atoms with Crippen LogP contribution in [-0.2, 0) is 32.7 Å². The third kappa shape index (κ3) is 37.5. The molecule has 2 unspecified atom stereocenters. The van der Waals surface area contributed by atoms with Crippen molar-refractivity contribution in [1.82, 2.24) is 0 Å². The molecule has 0 aliphatic carbocycles. The topological polar surface area (TPSA) is 108 Å². The number of hydrogen-bond acceptors (Lipinski definition) is 7. The molecule has 1 N–H and O–H groups in total. The zero-order valence-corrected chi connectivity index (χ0v) is 34.4. The van der Waals surface area contributed by atoms with E-state index in [1.807, 2.05) is 57.6 Å². The highest BCUT2D eigenvalue weighted by Crippen LogP contribution is 2.43. The molecule has 0 amide bonds. The third-order valence-corrected chi connectivity index (χ3v) is 9.11. The molecule has 0 aromatic heterocycles. The van der Waals surface area contributed by atoms with Crippen LogP contribution in [0, 0.1) is 0 Å². The van der Waals surface area contributed by atoms with Gasteiger partial charge in [-0.2, -0.15) is 0 Å². The number of allylic oxidation sites excluding steroid dienone is 10. The van der Waals surface area contributed by atoms with Crippen molar-refractivity contribution in [3.63, 3.8) is 0 Å². The van der Waals surface area contributed by atoms with E-state index < -0.39 is 26.5 Å². The van der Waals surface area contributed by atoms with Crippen molar-refractivity contribution in [2.24, 2.45) is 0 Å². The van der Waals surface area contributed by atoms with Crippen molar-refractivity contribution in [2.45, 2.75) is 148 Å². The van der Waals surface area contributed by atoms with Gasteiger partial charge in [-0.3, -0.25) is 18.6 Å². The summed E-state index contributed by atoms with van der Waals surface area (Å²) in [6.07, 6.45) is 39.8. The number of esters is 2. The Labute approximate surface area is 317 Å². The number of rotatable bonds is 35. The van der Waals surface area contributed by atoms with E-state index in [0.29, 0.717) is 17.4 Å². The molecular formula is C42H75NO8P+. The van der Waals surface area contributed by atoms with Crippen LogP contribution in [0.3, 0.4) is 0 Å². The first-order valence-electron chi connectivity index (χ1n) is 20.1. The maximum atomic E-state index is 12.6. The van der Waals surface area contributed by atoms with Gasteiger partial charge in [0.2, 0.25) is 0 Å². The van der Waals surface area contributed by atoms with Crippen molar-refractivity contribution in [2.75, 3.05) is 47.5 Å². The summed E-state index contributed by atoms with van der Waals surface area (Å²) in [5.74, 6) is -0.856. The second-order valence-electron chi connectivity index (χ2n) is 14.4. The lowest BCUT2D eigenvalue weighted by atomic mass is 10.1. The number of likely N-dealkylation sites (N-methyl/N-ethyl adjacent to an activating group) is 1. The van der Waals surface area contributed by atoms with E-state index in [-0.39, 0.29) is 32.0 Å². The normalized spacial score (nSPS) is 14.3. The van der Waals surface area contributed by atoms with Gasteiger partial charge in [-0.1, -0.05) is 132 Å². The highest BCUT2D eigenvalue weighted by molar-refractivity contribution is 7.47. The molecule has 52 heavy (non-hydrogen) atoms. The minimum absolute atomic E-state index is 0.0203. The Morgan fingerprint density at radius 3 is 1.71 bits per heavy atom. The smallest absolute Gasteiger partial charge is 0.462 e. The lowest BCUT2D eigenvalue weighted by molar-refractivity contribution is -0.870. The molecule has 0 bridgehead atoms. The van der Waals surface area contributed by atoms with Crippen LogP contribution in [0.25, 0.3) is 0 Å². The molecule has 0 aliphatic heterocycles. The number of nitrogens with zero attached hydrogens (tertiary/aromatic N) is 1. The number of hydrogen-bond donors (Lipinski definition) is 1. The third-order valence-electron chi connectivity index (χ3n) is 8.13. The maximum absolute atomic E-state index is 12.6. The van der Waals surface area contributed by atoms with Crippen molar-refractivity contribution in [1.29, 1.82) is 0 Å². The first kappa shape index (κ1) is 49.7. The first-order chi connectivity index (χ1) is 25.0. The zero-order valence-electron chi connectivity index (χ0n) is 33.5. The fourth-order valence-corrected chi connectivity index (χ4v) is 5.70. The summed E-state index contributed by atoms with van der Waals surface area (Å²) in [5.41, 5.74) is 0.